The van der Waals surface area contributed by atoms with Gasteiger partial charge in [0.05, 0.1) is 6.04 Å². The lowest BCUT2D eigenvalue weighted by molar-refractivity contribution is -0.117. The summed E-state index contributed by atoms with van der Waals surface area (Å²) in [6.07, 6.45) is 1.94. The van der Waals surface area contributed by atoms with Gasteiger partial charge in [-0.2, -0.15) is 0 Å². The second kappa shape index (κ2) is 6.96. The molecule has 1 fully saturated rings. The lowest BCUT2D eigenvalue weighted by Crippen LogP contribution is -2.35. The van der Waals surface area contributed by atoms with Crippen molar-refractivity contribution in [3.05, 3.63) is 35.9 Å². The minimum Gasteiger partial charge on any atom is -0.381 e. The van der Waals surface area contributed by atoms with Crippen LogP contribution in [-0.2, 0) is 9.53 Å². The van der Waals surface area contributed by atoms with Crippen molar-refractivity contribution in [3.8, 4) is 11.8 Å². The van der Waals surface area contributed by atoms with Crippen LogP contribution in [0.1, 0.15) is 31.4 Å². The maximum absolute atomic E-state index is 11.8. The third-order valence-corrected chi connectivity index (χ3v) is 3.42. The normalized spacial score (nSPS) is 17.1. The molecule has 0 spiro atoms. The maximum Gasteiger partial charge on any atom is 0.296 e. The van der Waals surface area contributed by atoms with Gasteiger partial charge in [0.25, 0.3) is 5.91 Å². The number of carbonyl (C=O) groups is 1. The van der Waals surface area contributed by atoms with Crippen LogP contribution in [0.5, 0.6) is 0 Å². The average molecular weight is 257 g/mol. The van der Waals surface area contributed by atoms with Crippen molar-refractivity contribution in [1.82, 2.24) is 5.32 Å². The summed E-state index contributed by atoms with van der Waals surface area (Å²) in [6.45, 7) is 3.21. The molecule has 1 atom stereocenters. The zero-order valence-electron chi connectivity index (χ0n) is 11.2. The molecule has 0 saturated carbocycles. The Bertz CT molecular complexity index is 467. The van der Waals surface area contributed by atoms with E-state index in [9.17, 15) is 4.79 Å². The van der Waals surface area contributed by atoms with Crippen LogP contribution in [0.15, 0.2) is 30.3 Å². The highest BCUT2D eigenvalue weighted by Gasteiger charge is 2.26. The zero-order chi connectivity index (χ0) is 13.5. The van der Waals surface area contributed by atoms with E-state index in [1.165, 1.54) is 0 Å². The van der Waals surface area contributed by atoms with Crippen LogP contribution in [0.25, 0.3) is 0 Å². The summed E-state index contributed by atoms with van der Waals surface area (Å²) < 4.78 is 5.40. The molecule has 1 aliphatic heterocycles. The minimum absolute atomic E-state index is 0.0263. The van der Waals surface area contributed by atoms with E-state index in [-0.39, 0.29) is 11.9 Å². The third-order valence-electron chi connectivity index (χ3n) is 3.42. The Morgan fingerprint density at radius 2 is 2.00 bits per heavy atom. The molecule has 100 valence electrons. The van der Waals surface area contributed by atoms with Gasteiger partial charge in [0.15, 0.2) is 0 Å². The van der Waals surface area contributed by atoms with Gasteiger partial charge in [-0.1, -0.05) is 36.3 Å². The van der Waals surface area contributed by atoms with Crippen molar-refractivity contribution in [2.45, 2.75) is 25.8 Å². The van der Waals surface area contributed by atoms with Crippen molar-refractivity contribution in [3.63, 3.8) is 0 Å². The number of nitrogens with one attached hydrogen (secondary N) is 1. The van der Waals surface area contributed by atoms with Crippen LogP contribution in [0.2, 0.25) is 0 Å². The van der Waals surface area contributed by atoms with Crippen molar-refractivity contribution < 1.29 is 9.53 Å². The molecule has 1 saturated heterocycles. The second-order valence-corrected chi connectivity index (χ2v) is 4.69. The Hall–Kier alpha value is -1.79. The summed E-state index contributed by atoms with van der Waals surface area (Å²) in [4.78, 5) is 11.8. The summed E-state index contributed by atoms with van der Waals surface area (Å²) in [5.41, 5.74) is 1.14. The Morgan fingerprint density at radius 1 is 1.32 bits per heavy atom. The first-order valence-corrected chi connectivity index (χ1v) is 6.67. The van der Waals surface area contributed by atoms with Gasteiger partial charge in [-0.25, -0.2) is 0 Å². The van der Waals surface area contributed by atoms with Gasteiger partial charge in [-0.15, -0.1) is 0 Å². The first kappa shape index (κ1) is 13.6. The largest absolute Gasteiger partial charge is 0.381 e. The first-order chi connectivity index (χ1) is 9.31. The highest BCUT2D eigenvalue weighted by molar-refractivity contribution is 5.93. The highest BCUT2D eigenvalue weighted by atomic mass is 16.5. The molecule has 1 N–H and O–H groups in total. The van der Waals surface area contributed by atoms with Crippen LogP contribution < -0.4 is 5.32 Å². The molecule has 0 aromatic heterocycles. The van der Waals surface area contributed by atoms with Crippen LogP contribution in [0.3, 0.4) is 0 Å². The number of ether oxygens (including phenoxy) is 1. The van der Waals surface area contributed by atoms with E-state index in [1.54, 1.807) is 6.92 Å². The number of rotatable bonds is 3. The van der Waals surface area contributed by atoms with Crippen LogP contribution in [0, 0.1) is 17.8 Å². The summed E-state index contributed by atoms with van der Waals surface area (Å²) in [5, 5.41) is 3.04. The minimum atomic E-state index is -0.206. The molecule has 1 amide bonds. The topological polar surface area (TPSA) is 38.3 Å². The Balaban J connectivity index is 2.16. The van der Waals surface area contributed by atoms with Crippen molar-refractivity contribution >= 4 is 5.91 Å². The number of hydrogen-bond donors (Lipinski definition) is 1. The molecule has 3 nitrogen and oxygen atoms in total. The number of hydrogen-bond acceptors (Lipinski definition) is 2. The van der Waals surface area contributed by atoms with Gasteiger partial charge in [-0.3, -0.25) is 4.79 Å². The number of amides is 1. The van der Waals surface area contributed by atoms with Gasteiger partial charge in [0.2, 0.25) is 0 Å². The fourth-order valence-electron chi connectivity index (χ4n) is 2.47. The van der Waals surface area contributed by atoms with Crippen LogP contribution >= 0.6 is 0 Å². The number of carbonyl (C=O) groups excluding carboxylic acids is 1. The molecule has 1 aromatic rings. The van der Waals surface area contributed by atoms with E-state index in [4.69, 9.17) is 4.74 Å². The Morgan fingerprint density at radius 3 is 2.63 bits per heavy atom. The van der Waals surface area contributed by atoms with E-state index < -0.39 is 0 Å². The van der Waals surface area contributed by atoms with Gasteiger partial charge < -0.3 is 10.1 Å². The van der Waals surface area contributed by atoms with Gasteiger partial charge in [0.1, 0.15) is 0 Å². The van der Waals surface area contributed by atoms with Crippen molar-refractivity contribution in [2.24, 2.45) is 5.92 Å². The van der Waals surface area contributed by atoms with Crippen molar-refractivity contribution in [1.29, 1.82) is 0 Å². The molecule has 1 aromatic carbocycles. The van der Waals surface area contributed by atoms with Crippen LogP contribution in [-0.4, -0.2) is 19.1 Å². The maximum atomic E-state index is 11.8. The third kappa shape index (κ3) is 3.84. The number of benzene rings is 1. The van der Waals surface area contributed by atoms with E-state index in [2.05, 4.69) is 29.3 Å². The van der Waals surface area contributed by atoms with E-state index in [0.717, 1.165) is 31.6 Å². The first-order valence-electron chi connectivity index (χ1n) is 6.67. The molecule has 1 heterocycles. The monoisotopic (exact) mass is 257 g/mol. The summed E-state index contributed by atoms with van der Waals surface area (Å²) in [6, 6.07) is 10.1. The Kier molecular flexibility index (Phi) is 5.00. The molecule has 19 heavy (non-hydrogen) atoms. The van der Waals surface area contributed by atoms with Gasteiger partial charge in [0, 0.05) is 13.2 Å². The average Bonchev–Trinajstić information content (AvgIpc) is 2.47. The molecular formula is C16H19NO2. The Labute approximate surface area is 114 Å². The molecule has 0 radical (unpaired) electrons. The smallest absolute Gasteiger partial charge is 0.296 e. The molecular weight excluding hydrogens is 238 g/mol. The fourth-order valence-corrected chi connectivity index (χ4v) is 2.47. The predicted molar refractivity (Wildman–Crippen MR) is 74.3 cm³/mol. The van der Waals surface area contributed by atoms with E-state index in [1.807, 2.05) is 18.2 Å². The molecule has 0 bridgehead atoms. The lowest BCUT2D eigenvalue weighted by atomic mass is 9.87. The molecule has 0 aliphatic carbocycles. The summed E-state index contributed by atoms with van der Waals surface area (Å²) >= 11 is 0. The molecule has 2 rings (SSSR count). The fraction of sp³-hybridized carbons (Fsp3) is 0.438. The molecule has 1 unspecified atom stereocenters. The summed E-state index contributed by atoms with van der Waals surface area (Å²) in [5.74, 6) is 5.40. The zero-order valence-corrected chi connectivity index (χ0v) is 11.2. The molecule has 3 heteroatoms. The molecule has 1 aliphatic rings. The quantitative estimate of drug-likeness (QED) is 0.844. The summed E-state index contributed by atoms with van der Waals surface area (Å²) in [7, 11) is 0. The standard InChI is InChI=1S/C16H19NO2/c1-2-6-15(18)17-16(13-7-4-3-5-8-13)14-9-11-19-12-10-14/h3-5,7-8,14,16H,9-12H2,1H3,(H,17,18). The van der Waals surface area contributed by atoms with Crippen molar-refractivity contribution in [2.75, 3.05) is 13.2 Å². The van der Waals surface area contributed by atoms with Gasteiger partial charge in [-0.05, 0) is 37.2 Å². The second-order valence-electron chi connectivity index (χ2n) is 4.69. The van der Waals surface area contributed by atoms with E-state index in [0.29, 0.717) is 5.92 Å². The van der Waals surface area contributed by atoms with E-state index >= 15 is 0 Å². The predicted octanol–water partition coefficient (Wildman–Crippen LogP) is 2.29. The lowest BCUT2D eigenvalue weighted by Gasteiger charge is -2.30. The van der Waals surface area contributed by atoms with Crippen LogP contribution in [0.4, 0.5) is 0 Å². The SMILES string of the molecule is CC#CC(=O)NC(c1ccccc1)C1CCOCC1. The van der Waals surface area contributed by atoms with Gasteiger partial charge >= 0.3 is 0 Å². The highest BCUT2D eigenvalue weighted by Crippen LogP contribution is 2.29.